The smallest absolute Gasteiger partial charge is 0.144 e. The average Bonchev–Trinajstić information content (AvgIpc) is 2.59. The Hall–Kier alpha value is -0.410. The van der Waals surface area contributed by atoms with Crippen molar-refractivity contribution in [1.82, 2.24) is 5.32 Å². The van der Waals surface area contributed by atoms with Gasteiger partial charge in [-0.25, -0.2) is 0 Å². The Labute approximate surface area is 161 Å². The van der Waals surface area contributed by atoms with Crippen molar-refractivity contribution in [2.75, 3.05) is 6.54 Å². The molecule has 0 aromatic carbocycles. The molecular weight excluding hydrogens is 320 g/mol. The highest BCUT2D eigenvalue weighted by Crippen LogP contribution is 2.41. The van der Waals surface area contributed by atoms with E-state index < -0.39 is 0 Å². The van der Waals surface area contributed by atoms with Gasteiger partial charge in [0.05, 0.1) is 18.0 Å². The summed E-state index contributed by atoms with van der Waals surface area (Å²) in [4.78, 5) is 13.1. The summed E-state index contributed by atoms with van der Waals surface area (Å²) in [5.74, 6) is 1.53. The third kappa shape index (κ3) is 4.90. The Morgan fingerprint density at radius 2 is 1.77 bits per heavy atom. The maximum atomic E-state index is 13.1. The molecule has 3 fully saturated rings. The molecule has 1 heterocycles. The van der Waals surface area contributed by atoms with Gasteiger partial charge in [-0.05, 0) is 37.6 Å². The number of Topliss-reactive ketones (excluding diaryl/α,β-unsaturated/α-hetero) is 1. The first-order valence-corrected chi connectivity index (χ1v) is 11.6. The number of fused-ring (bicyclic) bond motifs is 2. The number of nitrogens with one attached hydrogen (secondary N) is 1. The van der Waals surface area contributed by atoms with Crippen molar-refractivity contribution in [3.8, 4) is 0 Å². The number of ketones is 1. The summed E-state index contributed by atoms with van der Waals surface area (Å²) < 4.78 is 0. The lowest BCUT2D eigenvalue weighted by molar-refractivity contribution is -0.747. The van der Waals surface area contributed by atoms with Crippen LogP contribution < -0.4 is 10.6 Å². The van der Waals surface area contributed by atoms with Crippen LogP contribution in [0.2, 0.25) is 0 Å². The normalized spacial score (nSPS) is 36.4. The molecule has 0 radical (unpaired) electrons. The molecule has 1 saturated heterocycles. The number of quaternary nitrogens is 1. The fourth-order valence-corrected chi connectivity index (χ4v) is 6.23. The molecule has 5 atom stereocenters. The first-order valence-electron chi connectivity index (χ1n) is 11.6. The Morgan fingerprint density at radius 1 is 1.04 bits per heavy atom. The summed E-state index contributed by atoms with van der Waals surface area (Å²) in [5.41, 5.74) is 0.195. The van der Waals surface area contributed by atoms with E-state index in [4.69, 9.17) is 0 Å². The Morgan fingerprint density at radius 3 is 2.58 bits per heavy atom. The number of rotatable bonds is 8. The summed E-state index contributed by atoms with van der Waals surface area (Å²) in [5, 5.41) is 6.56. The second-order valence-electron chi connectivity index (χ2n) is 10.3. The van der Waals surface area contributed by atoms with Crippen LogP contribution in [0.1, 0.15) is 97.8 Å². The maximum absolute atomic E-state index is 13.1. The molecule has 2 aliphatic carbocycles. The van der Waals surface area contributed by atoms with E-state index in [1.165, 1.54) is 70.6 Å². The minimum absolute atomic E-state index is 0.195. The molecule has 3 heteroatoms. The molecule has 0 aromatic heterocycles. The molecule has 1 aliphatic heterocycles. The van der Waals surface area contributed by atoms with Gasteiger partial charge < -0.3 is 10.6 Å². The van der Waals surface area contributed by atoms with Crippen molar-refractivity contribution in [2.45, 2.75) is 116 Å². The predicted molar refractivity (Wildman–Crippen MR) is 108 cm³/mol. The van der Waals surface area contributed by atoms with Crippen LogP contribution >= 0.6 is 0 Å². The zero-order valence-corrected chi connectivity index (χ0v) is 17.6. The van der Waals surface area contributed by atoms with Crippen molar-refractivity contribution in [2.24, 2.45) is 17.3 Å². The molecule has 3 rings (SSSR count). The highest BCUT2D eigenvalue weighted by atomic mass is 16.1. The highest BCUT2D eigenvalue weighted by molar-refractivity contribution is 5.84. The number of carbonyl (C=O) groups excluding carboxylic acids is 1. The minimum Gasteiger partial charge on any atom is -0.340 e. The fraction of sp³-hybridized carbons (Fsp3) is 0.957. The van der Waals surface area contributed by atoms with Gasteiger partial charge in [0.1, 0.15) is 5.78 Å². The van der Waals surface area contributed by atoms with Crippen LogP contribution in [0.5, 0.6) is 0 Å². The summed E-state index contributed by atoms with van der Waals surface area (Å²) in [6.45, 7) is 7.97. The molecular formula is C23H43N2O+. The lowest BCUT2D eigenvalue weighted by atomic mass is 9.61. The molecule has 3 aliphatic rings. The monoisotopic (exact) mass is 363 g/mol. The molecule has 3 N–H and O–H groups in total. The molecule has 150 valence electrons. The average molecular weight is 364 g/mol. The van der Waals surface area contributed by atoms with Crippen LogP contribution in [0.15, 0.2) is 0 Å². The second kappa shape index (κ2) is 9.19. The standard InChI is InChI=1S/C23H42N2O/c1-4-5-6-7-8-11-14-24-22-17-12-9-10-13-18(17)25-19-15-23(2,3)16-20(26)21(19)22/h17-19,21-22,24-25H,4-16H2,1-3H3/p+1. The molecule has 26 heavy (non-hydrogen) atoms. The van der Waals surface area contributed by atoms with Crippen molar-refractivity contribution >= 4 is 5.78 Å². The topological polar surface area (TPSA) is 45.7 Å². The van der Waals surface area contributed by atoms with E-state index in [9.17, 15) is 4.79 Å². The van der Waals surface area contributed by atoms with Crippen molar-refractivity contribution in [1.29, 1.82) is 0 Å². The lowest BCUT2D eigenvalue weighted by Gasteiger charge is -2.51. The molecule has 0 bridgehead atoms. The number of hydrogen-bond donors (Lipinski definition) is 2. The van der Waals surface area contributed by atoms with Crippen LogP contribution in [0.25, 0.3) is 0 Å². The van der Waals surface area contributed by atoms with E-state index in [-0.39, 0.29) is 11.3 Å². The molecule has 0 spiro atoms. The largest absolute Gasteiger partial charge is 0.340 e. The van der Waals surface area contributed by atoms with Gasteiger partial charge in [-0.3, -0.25) is 4.79 Å². The van der Waals surface area contributed by atoms with Gasteiger partial charge in [0.15, 0.2) is 0 Å². The summed E-state index contributed by atoms with van der Waals surface area (Å²) in [6, 6.07) is 1.73. The molecule has 0 amide bonds. The van der Waals surface area contributed by atoms with Crippen LogP contribution in [-0.4, -0.2) is 30.5 Å². The maximum Gasteiger partial charge on any atom is 0.144 e. The summed E-state index contributed by atoms with van der Waals surface area (Å²) in [6.07, 6.45) is 15.5. The van der Waals surface area contributed by atoms with Crippen LogP contribution in [-0.2, 0) is 4.79 Å². The lowest BCUT2D eigenvalue weighted by Crippen LogP contribution is -3.02. The number of unbranched alkanes of at least 4 members (excludes halogenated alkanes) is 5. The quantitative estimate of drug-likeness (QED) is 0.644. The molecule has 5 unspecified atom stereocenters. The predicted octanol–water partition coefficient (Wildman–Crippen LogP) is 3.81. The van der Waals surface area contributed by atoms with E-state index >= 15 is 0 Å². The van der Waals surface area contributed by atoms with E-state index in [1.54, 1.807) is 0 Å². The third-order valence-electron chi connectivity index (χ3n) is 7.40. The zero-order chi connectivity index (χ0) is 18.6. The summed E-state index contributed by atoms with van der Waals surface area (Å²) in [7, 11) is 0. The molecule has 2 saturated carbocycles. The number of piperidine rings is 1. The van der Waals surface area contributed by atoms with Gasteiger partial charge in [0.2, 0.25) is 0 Å². The highest BCUT2D eigenvalue weighted by Gasteiger charge is 2.54. The third-order valence-corrected chi connectivity index (χ3v) is 7.40. The van der Waals surface area contributed by atoms with Gasteiger partial charge in [-0.1, -0.05) is 59.3 Å². The van der Waals surface area contributed by atoms with E-state index in [1.807, 2.05) is 0 Å². The summed E-state index contributed by atoms with van der Waals surface area (Å²) >= 11 is 0. The number of nitrogens with two attached hydrogens (primary N) is 1. The first kappa shape index (κ1) is 20.3. The number of hydrogen-bond acceptors (Lipinski definition) is 2. The number of carbonyl (C=O) groups is 1. The van der Waals surface area contributed by atoms with E-state index in [0.717, 1.165) is 24.9 Å². The first-order chi connectivity index (χ1) is 12.5. The Balaban J connectivity index is 1.59. The Kier molecular flexibility index (Phi) is 7.18. The minimum atomic E-state index is 0.195. The van der Waals surface area contributed by atoms with Crippen molar-refractivity contribution < 1.29 is 10.1 Å². The molecule has 3 nitrogen and oxygen atoms in total. The van der Waals surface area contributed by atoms with Crippen LogP contribution in [0.4, 0.5) is 0 Å². The van der Waals surface area contributed by atoms with E-state index in [0.29, 0.717) is 17.9 Å². The van der Waals surface area contributed by atoms with Crippen LogP contribution in [0.3, 0.4) is 0 Å². The van der Waals surface area contributed by atoms with Gasteiger partial charge in [-0.2, -0.15) is 0 Å². The van der Waals surface area contributed by atoms with Crippen molar-refractivity contribution in [3.63, 3.8) is 0 Å². The van der Waals surface area contributed by atoms with E-state index in [2.05, 4.69) is 31.4 Å². The van der Waals surface area contributed by atoms with Gasteiger partial charge in [0.25, 0.3) is 0 Å². The van der Waals surface area contributed by atoms with Gasteiger partial charge in [0, 0.05) is 24.8 Å². The fourth-order valence-electron chi connectivity index (χ4n) is 6.23. The van der Waals surface area contributed by atoms with Gasteiger partial charge >= 0.3 is 0 Å². The SMILES string of the molecule is CCCCCCCCNC1C2CCCCC2[NH2+]C2CC(C)(C)CC(=O)C21. The zero-order valence-electron chi connectivity index (χ0n) is 17.6. The second-order valence-corrected chi connectivity index (χ2v) is 10.3. The molecule has 0 aromatic rings. The van der Waals surface area contributed by atoms with Crippen molar-refractivity contribution in [3.05, 3.63) is 0 Å². The van der Waals surface area contributed by atoms with Gasteiger partial charge in [-0.15, -0.1) is 0 Å². The van der Waals surface area contributed by atoms with Crippen LogP contribution in [0, 0.1) is 17.3 Å². The Bertz CT molecular complexity index is 461.